The van der Waals surface area contributed by atoms with Gasteiger partial charge in [0.15, 0.2) is 0 Å². The minimum atomic E-state index is -3.97. The zero-order valence-corrected chi connectivity index (χ0v) is 18.2. The number of para-hydroxylation sites is 1. The van der Waals surface area contributed by atoms with Crippen LogP contribution in [0.2, 0.25) is 0 Å². The molecule has 3 aromatic carbocycles. The van der Waals surface area contributed by atoms with Gasteiger partial charge in [-0.3, -0.25) is 9.10 Å². The van der Waals surface area contributed by atoms with Crippen LogP contribution in [0, 0.1) is 0 Å². The summed E-state index contributed by atoms with van der Waals surface area (Å²) < 4.78 is 33.0. The molecule has 0 aliphatic heterocycles. The van der Waals surface area contributed by atoms with Crippen LogP contribution in [0.3, 0.4) is 0 Å². The number of hydrogen-bond donors (Lipinski definition) is 1. The smallest absolute Gasteiger partial charge is 0.264 e. The summed E-state index contributed by atoms with van der Waals surface area (Å²) in [4.78, 5) is 13.8. The Labute approximate surface area is 180 Å². The average Bonchev–Trinajstić information content (AvgIpc) is 2.78. The van der Waals surface area contributed by atoms with E-state index in [1.165, 1.54) is 31.0 Å². The second kappa shape index (κ2) is 9.69. The Balaban J connectivity index is 1.96. The Bertz CT molecular complexity index is 1120. The van der Waals surface area contributed by atoms with E-state index >= 15 is 0 Å². The van der Waals surface area contributed by atoms with Crippen LogP contribution >= 0.6 is 11.8 Å². The highest BCUT2D eigenvalue weighted by Crippen LogP contribution is 2.28. The van der Waals surface area contributed by atoms with Crippen molar-refractivity contribution in [2.24, 2.45) is 0 Å². The van der Waals surface area contributed by atoms with E-state index in [1.54, 1.807) is 48.5 Å². The lowest BCUT2D eigenvalue weighted by Crippen LogP contribution is -2.38. The predicted octanol–water partition coefficient (Wildman–Crippen LogP) is 4.25. The van der Waals surface area contributed by atoms with Gasteiger partial charge in [0.05, 0.1) is 23.4 Å². The van der Waals surface area contributed by atoms with Crippen molar-refractivity contribution in [2.75, 3.05) is 29.5 Å². The molecule has 8 heteroatoms. The van der Waals surface area contributed by atoms with E-state index in [2.05, 4.69) is 5.32 Å². The number of nitrogens with one attached hydrogen (secondary N) is 1. The normalized spacial score (nSPS) is 11.0. The molecule has 0 aliphatic rings. The molecule has 0 heterocycles. The summed E-state index contributed by atoms with van der Waals surface area (Å²) in [6.45, 7) is -0.382. The van der Waals surface area contributed by atoms with E-state index in [4.69, 9.17) is 4.74 Å². The number of sulfonamides is 1. The quantitative estimate of drug-likeness (QED) is 0.528. The molecule has 0 radical (unpaired) electrons. The second-order valence-electron chi connectivity index (χ2n) is 6.27. The summed E-state index contributed by atoms with van der Waals surface area (Å²) in [5.74, 6) is 0.0488. The minimum Gasteiger partial charge on any atom is -0.497 e. The number of hydrogen-bond acceptors (Lipinski definition) is 5. The van der Waals surface area contributed by atoms with E-state index in [-0.39, 0.29) is 11.4 Å². The van der Waals surface area contributed by atoms with Gasteiger partial charge in [0, 0.05) is 11.0 Å². The van der Waals surface area contributed by atoms with Crippen molar-refractivity contribution in [3.63, 3.8) is 0 Å². The van der Waals surface area contributed by atoms with Crippen LogP contribution in [0.4, 0.5) is 11.4 Å². The van der Waals surface area contributed by atoms with E-state index in [0.717, 1.165) is 9.20 Å². The maximum absolute atomic E-state index is 13.3. The molecular formula is C22H22N2O4S2. The summed E-state index contributed by atoms with van der Waals surface area (Å²) in [5, 5.41) is 2.82. The number of nitrogens with zero attached hydrogens (tertiary/aromatic N) is 1. The molecular weight excluding hydrogens is 420 g/mol. The molecule has 0 atom stereocenters. The fourth-order valence-electron chi connectivity index (χ4n) is 2.87. The Morgan fingerprint density at radius 1 is 1.00 bits per heavy atom. The second-order valence-corrected chi connectivity index (χ2v) is 8.99. The van der Waals surface area contributed by atoms with Crippen molar-refractivity contribution in [3.8, 4) is 5.75 Å². The van der Waals surface area contributed by atoms with Crippen molar-refractivity contribution < 1.29 is 17.9 Å². The number of amides is 1. The Morgan fingerprint density at radius 3 is 2.40 bits per heavy atom. The van der Waals surface area contributed by atoms with Crippen LogP contribution in [0.5, 0.6) is 5.75 Å². The first-order chi connectivity index (χ1) is 14.5. The molecule has 1 N–H and O–H groups in total. The van der Waals surface area contributed by atoms with Gasteiger partial charge in [-0.25, -0.2) is 8.42 Å². The standard InChI is InChI=1S/C22H22N2O4S2/c1-28-18-10-8-9-17(15-18)24(30(26,27)19-11-4-3-5-12-19)16-22(25)23-20-13-6-7-14-21(20)29-2/h3-15H,16H2,1-2H3,(H,23,25). The predicted molar refractivity (Wildman–Crippen MR) is 121 cm³/mol. The van der Waals surface area contributed by atoms with E-state index in [0.29, 0.717) is 17.1 Å². The van der Waals surface area contributed by atoms with Crippen LogP contribution < -0.4 is 14.4 Å². The number of methoxy groups -OCH3 is 1. The summed E-state index contributed by atoms with van der Waals surface area (Å²) >= 11 is 1.50. The third-order valence-corrected chi connectivity index (χ3v) is 6.92. The van der Waals surface area contributed by atoms with Gasteiger partial charge in [0.1, 0.15) is 12.3 Å². The van der Waals surface area contributed by atoms with Crippen LogP contribution in [0.1, 0.15) is 0 Å². The maximum Gasteiger partial charge on any atom is 0.264 e. The molecule has 3 aromatic rings. The van der Waals surface area contributed by atoms with Crippen molar-refractivity contribution in [2.45, 2.75) is 9.79 Å². The fraction of sp³-hybridized carbons (Fsp3) is 0.136. The van der Waals surface area contributed by atoms with Crippen LogP contribution in [-0.2, 0) is 14.8 Å². The average molecular weight is 443 g/mol. The molecule has 0 fully saturated rings. The molecule has 30 heavy (non-hydrogen) atoms. The number of anilines is 2. The van der Waals surface area contributed by atoms with Crippen molar-refractivity contribution in [1.82, 2.24) is 0 Å². The monoisotopic (exact) mass is 442 g/mol. The summed E-state index contributed by atoms with van der Waals surface area (Å²) in [6.07, 6.45) is 1.91. The number of thioether (sulfide) groups is 1. The molecule has 0 aromatic heterocycles. The molecule has 156 valence electrons. The lowest BCUT2D eigenvalue weighted by atomic mass is 10.3. The molecule has 3 rings (SSSR count). The molecule has 0 spiro atoms. The summed E-state index contributed by atoms with van der Waals surface area (Å²) in [6, 6.07) is 22.0. The first-order valence-corrected chi connectivity index (χ1v) is 11.8. The molecule has 1 amide bonds. The highest BCUT2D eigenvalue weighted by molar-refractivity contribution is 7.98. The first kappa shape index (κ1) is 21.7. The lowest BCUT2D eigenvalue weighted by molar-refractivity contribution is -0.114. The van der Waals surface area contributed by atoms with Gasteiger partial charge in [0.2, 0.25) is 5.91 Å². The number of ether oxygens (including phenoxy) is 1. The highest BCUT2D eigenvalue weighted by Gasteiger charge is 2.27. The molecule has 0 unspecified atom stereocenters. The van der Waals surface area contributed by atoms with Gasteiger partial charge in [-0.05, 0) is 42.7 Å². The molecule has 0 aliphatic carbocycles. The number of benzene rings is 3. The third kappa shape index (κ3) is 4.95. The SMILES string of the molecule is COc1cccc(N(CC(=O)Nc2ccccc2SC)S(=O)(=O)c2ccccc2)c1. The van der Waals surface area contributed by atoms with Crippen molar-refractivity contribution in [3.05, 3.63) is 78.9 Å². The highest BCUT2D eigenvalue weighted by atomic mass is 32.2. The Kier molecular flexibility index (Phi) is 7.02. The van der Waals surface area contributed by atoms with E-state index in [9.17, 15) is 13.2 Å². The van der Waals surface area contributed by atoms with Gasteiger partial charge >= 0.3 is 0 Å². The van der Waals surface area contributed by atoms with Crippen molar-refractivity contribution >= 4 is 39.1 Å². The number of carbonyl (C=O) groups is 1. The van der Waals surface area contributed by atoms with Gasteiger partial charge in [-0.15, -0.1) is 11.8 Å². The van der Waals surface area contributed by atoms with Gasteiger partial charge in [-0.2, -0.15) is 0 Å². The molecule has 6 nitrogen and oxygen atoms in total. The molecule has 0 saturated carbocycles. The van der Waals surface area contributed by atoms with Gasteiger partial charge < -0.3 is 10.1 Å². The minimum absolute atomic E-state index is 0.102. The summed E-state index contributed by atoms with van der Waals surface area (Å²) in [7, 11) is -2.47. The van der Waals surface area contributed by atoms with E-state index in [1.807, 2.05) is 24.5 Å². The van der Waals surface area contributed by atoms with Crippen LogP contribution in [0.25, 0.3) is 0 Å². The lowest BCUT2D eigenvalue weighted by Gasteiger charge is -2.24. The topological polar surface area (TPSA) is 75.7 Å². The Morgan fingerprint density at radius 2 is 1.70 bits per heavy atom. The van der Waals surface area contributed by atoms with Gasteiger partial charge in [-0.1, -0.05) is 36.4 Å². The first-order valence-electron chi connectivity index (χ1n) is 9.10. The van der Waals surface area contributed by atoms with Crippen molar-refractivity contribution in [1.29, 1.82) is 0 Å². The van der Waals surface area contributed by atoms with Crippen LogP contribution in [0.15, 0.2) is 88.7 Å². The molecule has 0 bridgehead atoms. The van der Waals surface area contributed by atoms with Crippen LogP contribution in [-0.4, -0.2) is 34.2 Å². The maximum atomic E-state index is 13.3. The van der Waals surface area contributed by atoms with Gasteiger partial charge in [0.25, 0.3) is 10.0 Å². The summed E-state index contributed by atoms with van der Waals surface area (Å²) in [5.41, 5.74) is 0.976. The van der Waals surface area contributed by atoms with E-state index < -0.39 is 15.9 Å². The number of carbonyl (C=O) groups excluding carboxylic acids is 1. The molecule has 0 saturated heterocycles. The number of rotatable bonds is 8. The third-order valence-electron chi connectivity index (χ3n) is 4.34. The largest absolute Gasteiger partial charge is 0.497 e. The Hall–Kier alpha value is -2.97. The zero-order valence-electron chi connectivity index (χ0n) is 16.6. The fourth-order valence-corrected chi connectivity index (χ4v) is 4.86. The zero-order chi connectivity index (χ0) is 21.6.